The molecule has 2 aliphatic carbocycles. The first-order chi connectivity index (χ1) is 43.4. The van der Waals surface area contributed by atoms with Crippen LogP contribution in [0.15, 0.2) is 146 Å². The van der Waals surface area contributed by atoms with Gasteiger partial charge in [0.25, 0.3) is 11.8 Å². The fourth-order valence-corrected chi connectivity index (χ4v) is 11.5. The number of anilines is 2. The molecular formula is C70H72CaF2N4O14. The second-order valence-corrected chi connectivity index (χ2v) is 22.3. The second kappa shape index (κ2) is 30.8. The first kappa shape index (κ1) is 68.8. The maximum absolute atomic E-state index is 14.5. The average molecular weight is 1270 g/mol. The van der Waals surface area contributed by atoms with Crippen molar-refractivity contribution >= 4 is 72.9 Å². The molecule has 6 atom stereocenters. The van der Waals surface area contributed by atoms with Crippen LogP contribution in [0.2, 0.25) is 0 Å². The van der Waals surface area contributed by atoms with Crippen LogP contribution in [0, 0.1) is 11.6 Å². The van der Waals surface area contributed by atoms with Gasteiger partial charge >= 0.3 is 37.7 Å². The van der Waals surface area contributed by atoms with E-state index in [2.05, 4.69) is 10.6 Å². The molecule has 2 saturated carbocycles. The van der Waals surface area contributed by atoms with Crippen LogP contribution in [0.4, 0.5) is 20.2 Å². The zero-order valence-electron chi connectivity index (χ0n) is 51.4. The van der Waals surface area contributed by atoms with Gasteiger partial charge in [0, 0.05) is 59.3 Å². The minimum absolute atomic E-state index is 0. The van der Waals surface area contributed by atoms with Crippen molar-refractivity contribution in [3.05, 3.63) is 180 Å². The maximum atomic E-state index is 14.5. The summed E-state index contributed by atoms with van der Waals surface area (Å²) in [5.41, 5.74) is 5.57. The summed E-state index contributed by atoms with van der Waals surface area (Å²) in [5, 5.41) is 75.2. The summed E-state index contributed by atoms with van der Waals surface area (Å²) < 4.78 is 52.9. The molecule has 6 aromatic carbocycles. The predicted octanol–water partition coefficient (Wildman–Crippen LogP) is 9.46. The molecule has 2 amide bonds. The summed E-state index contributed by atoms with van der Waals surface area (Å²) in [6.07, 6.45) is -2.18. The third-order valence-electron chi connectivity index (χ3n) is 16.3. The Kier molecular flexibility index (Phi) is 23.3. The van der Waals surface area contributed by atoms with Gasteiger partial charge in [0.15, 0.2) is 0 Å². The van der Waals surface area contributed by atoms with Crippen molar-refractivity contribution < 1.29 is 77.5 Å². The summed E-state index contributed by atoms with van der Waals surface area (Å²) in [4.78, 5) is 54.9. The standard InChI is InChI=1S/2C35H37FN2O7.Ca/c2*1-4-24(39)18-27(40)33(35(42)43)38-31(22-12-14-23(36)15-13-22)29(20-8-6-5-7-9-20)30(32(38)21-10-11-21)34(41)37-26-17-16-25(44-2)19-28(26)45-3;/h2*5-9,12-17,19,21,24,27,33,39-40H,4,10-11,18H2,1-3H3,(H,37,41)(H,42,43);/q;;+2/p-2/t2*24-,27-,33?;/m11./s1. The third-order valence-corrected chi connectivity index (χ3v) is 16.3. The smallest absolute Gasteiger partial charge is 0.548 e. The Morgan fingerprint density at radius 1 is 0.505 bits per heavy atom. The third kappa shape index (κ3) is 15.5. The molecule has 0 saturated heterocycles. The number of amides is 2. The molecule has 472 valence electrons. The number of nitrogens with one attached hydrogen (secondary N) is 2. The number of halogens is 2. The predicted molar refractivity (Wildman–Crippen MR) is 337 cm³/mol. The van der Waals surface area contributed by atoms with Crippen LogP contribution in [-0.4, -0.2) is 144 Å². The Morgan fingerprint density at radius 3 is 1.13 bits per heavy atom. The summed E-state index contributed by atoms with van der Waals surface area (Å²) >= 11 is 0. The molecule has 0 bridgehead atoms. The van der Waals surface area contributed by atoms with Crippen LogP contribution in [-0.2, 0) is 9.59 Å². The normalized spacial score (nSPS) is 14.6. The minimum Gasteiger partial charge on any atom is -0.548 e. The van der Waals surface area contributed by atoms with Crippen molar-refractivity contribution in [2.24, 2.45) is 0 Å². The summed E-state index contributed by atoms with van der Waals surface area (Å²) in [6.45, 7) is 3.45. The minimum atomic E-state index is -1.67. The topological polar surface area (TPSA) is 266 Å². The van der Waals surface area contributed by atoms with Gasteiger partial charge in [-0.2, -0.15) is 0 Å². The number of carbonyl (C=O) groups excluding carboxylic acids is 4. The number of hydrogen-bond donors (Lipinski definition) is 6. The molecule has 18 nitrogen and oxygen atoms in total. The molecular weight excluding hydrogens is 1200 g/mol. The number of carboxylic acid groups (broad SMARTS) is 2. The first-order valence-corrected chi connectivity index (χ1v) is 29.8. The molecule has 2 fully saturated rings. The zero-order chi connectivity index (χ0) is 64.5. The Bertz CT molecular complexity index is 3590. The van der Waals surface area contributed by atoms with Crippen LogP contribution in [0.1, 0.15) is 121 Å². The molecule has 2 aromatic heterocycles. The van der Waals surface area contributed by atoms with E-state index in [-0.39, 0.29) is 73.5 Å². The van der Waals surface area contributed by atoms with Crippen LogP contribution in [0.5, 0.6) is 23.0 Å². The Labute approximate surface area is 556 Å². The Hall–Kier alpha value is -8.08. The van der Waals surface area contributed by atoms with Gasteiger partial charge in [-0.15, -0.1) is 0 Å². The van der Waals surface area contributed by atoms with Crippen molar-refractivity contribution in [3.8, 4) is 67.8 Å². The van der Waals surface area contributed by atoms with Gasteiger partial charge in [-0.1, -0.05) is 74.5 Å². The molecule has 2 aliphatic rings. The number of methoxy groups -OCH3 is 4. The number of carboxylic acids is 2. The monoisotopic (exact) mass is 1270 g/mol. The number of ether oxygens (including phenoxy) is 4. The van der Waals surface area contributed by atoms with Crippen LogP contribution < -0.4 is 39.8 Å². The second-order valence-electron chi connectivity index (χ2n) is 22.3. The number of hydrogen-bond acceptors (Lipinski definition) is 14. The molecule has 2 heterocycles. The Morgan fingerprint density at radius 2 is 0.846 bits per heavy atom. The van der Waals surface area contributed by atoms with E-state index < -0.39 is 71.9 Å². The fourth-order valence-electron chi connectivity index (χ4n) is 11.5. The van der Waals surface area contributed by atoms with Gasteiger partial charge in [-0.3, -0.25) is 9.59 Å². The van der Waals surface area contributed by atoms with E-state index >= 15 is 0 Å². The molecule has 10 rings (SSSR count). The fraction of sp³-hybridized carbons (Fsp3) is 0.314. The van der Waals surface area contributed by atoms with Gasteiger partial charge in [-0.05, 0) is 134 Å². The van der Waals surface area contributed by atoms with Crippen LogP contribution in [0.3, 0.4) is 0 Å². The number of benzene rings is 6. The maximum Gasteiger partial charge on any atom is 2.00 e. The number of aliphatic hydroxyl groups excluding tert-OH is 4. The van der Waals surface area contributed by atoms with Crippen molar-refractivity contribution in [2.45, 2.75) is 114 Å². The van der Waals surface area contributed by atoms with Crippen molar-refractivity contribution in [3.63, 3.8) is 0 Å². The van der Waals surface area contributed by atoms with E-state index in [1.165, 1.54) is 86.1 Å². The van der Waals surface area contributed by atoms with E-state index in [0.717, 1.165) is 0 Å². The van der Waals surface area contributed by atoms with E-state index in [1.807, 2.05) is 12.1 Å². The Balaban J connectivity index is 0.000000232. The van der Waals surface area contributed by atoms with Gasteiger partial charge in [0.05, 0.1) is 111 Å². The summed E-state index contributed by atoms with van der Waals surface area (Å²) in [6, 6.07) is 35.7. The SMILES string of the molecule is CC[C@@H](O)C[C@@H](O)C(C(=O)[O-])n1c(-c2ccc(F)cc2)c(-c2ccccc2)c(C(=O)Nc2ccc(OC)cc2OC)c1C1CC1.CC[C@@H](O)C[C@@H](O)C(C(=O)[O-])n1c(-c2ccc(F)cc2)c(-c2ccccc2)c(C(=O)Nc2ccc(OC)cc2OC)c1C1CC1.[Ca+2]. The first-order valence-electron chi connectivity index (χ1n) is 29.8. The van der Waals surface area contributed by atoms with E-state index in [0.29, 0.717) is 129 Å². The molecule has 21 heteroatoms. The van der Waals surface area contributed by atoms with E-state index in [1.54, 1.807) is 98.8 Å². The summed E-state index contributed by atoms with van der Waals surface area (Å²) in [7, 11) is 5.97. The van der Waals surface area contributed by atoms with Crippen molar-refractivity contribution in [2.75, 3.05) is 39.1 Å². The number of aromatic nitrogens is 2. The number of carbonyl (C=O) groups is 4. The quantitative estimate of drug-likeness (QED) is 0.0276. The van der Waals surface area contributed by atoms with Crippen molar-refractivity contribution in [1.29, 1.82) is 0 Å². The van der Waals surface area contributed by atoms with Gasteiger partial charge in [-0.25, -0.2) is 8.78 Å². The molecule has 6 N–H and O–H groups in total. The average Bonchev–Trinajstić information content (AvgIpc) is 1.58. The van der Waals surface area contributed by atoms with Gasteiger partial charge < -0.3 is 78.9 Å². The van der Waals surface area contributed by atoms with E-state index in [9.17, 15) is 58.6 Å². The molecule has 8 aromatic rings. The molecule has 0 radical (unpaired) electrons. The molecule has 0 aliphatic heterocycles. The van der Waals surface area contributed by atoms with Crippen molar-refractivity contribution in [1.82, 2.24) is 9.13 Å². The molecule has 2 unspecified atom stereocenters. The number of nitrogens with zero attached hydrogens (tertiary/aromatic N) is 2. The van der Waals surface area contributed by atoms with Crippen LogP contribution in [0.25, 0.3) is 44.8 Å². The number of aliphatic carboxylic acids is 2. The van der Waals surface area contributed by atoms with Crippen LogP contribution >= 0.6 is 0 Å². The van der Waals surface area contributed by atoms with Gasteiger partial charge in [0.2, 0.25) is 0 Å². The zero-order valence-corrected chi connectivity index (χ0v) is 53.6. The van der Waals surface area contributed by atoms with Gasteiger partial charge in [0.1, 0.15) is 34.6 Å². The largest absolute Gasteiger partial charge is 2.00 e. The molecule has 91 heavy (non-hydrogen) atoms. The number of rotatable bonds is 26. The molecule has 0 spiro atoms. The number of aliphatic hydroxyl groups is 4. The summed E-state index contributed by atoms with van der Waals surface area (Å²) in [5.74, 6) is -3.84. The van der Waals surface area contributed by atoms with E-state index in [4.69, 9.17) is 18.9 Å².